The van der Waals surface area contributed by atoms with Gasteiger partial charge in [-0.25, -0.2) is 0 Å². The lowest BCUT2D eigenvalue weighted by molar-refractivity contribution is -0.130. The third-order valence-electron chi connectivity index (χ3n) is 3.07. The topological polar surface area (TPSA) is 58.2 Å². The summed E-state index contributed by atoms with van der Waals surface area (Å²) in [6.07, 6.45) is 3.34. The lowest BCUT2D eigenvalue weighted by Crippen LogP contribution is -2.36. The summed E-state index contributed by atoms with van der Waals surface area (Å²) in [5.41, 5.74) is 0. The molecule has 0 radical (unpaired) electrons. The second-order valence-corrected chi connectivity index (χ2v) is 4.06. The van der Waals surface area contributed by atoms with Gasteiger partial charge in [-0.1, -0.05) is 0 Å². The van der Waals surface area contributed by atoms with E-state index in [0.29, 0.717) is 6.54 Å². The molecule has 0 aliphatic heterocycles. The summed E-state index contributed by atoms with van der Waals surface area (Å²) < 4.78 is 0. The summed E-state index contributed by atoms with van der Waals surface area (Å²) in [5.74, 6) is 0.490. The first-order valence-corrected chi connectivity index (χ1v) is 5.68. The van der Waals surface area contributed by atoms with E-state index in [4.69, 9.17) is 0 Å². The van der Waals surface area contributed by atoms with Crippen molar-refractivity contribution in [3.63, 3.8) is 0 Å². The van der Waals surface area contributed by atoms with Crippen molar-refractivity contribution in [2.45, 2.75) is 32.6 Å². The molecular formula is C11H20N2O2. The van der Waals surface area contributed by atoms with Gasteiger partial charge in [0.15, 0.2) is 0 Å². The van der Waals surface area contributed by atoms with E-state index in [1.807, 2.05) is 6.92 Å². The maximum atomic E-state index is 11.5. The molecule has 2 amide bonds. The first kappa shape index (κ1) is 12.0. The smallest absolute Gasteiger partial charge is 0.223 e. The monoisotopic (exact) mass is 212 g/mol. The van der Waals surface area contributed by atoms with Gasteiger partial charge in [0, 0.05) is 25.4 Å². The normalized spacial score (nSPS) is 25.7. The average Bonchev–Trinajstić information content (AvgIpc) is 2.28. The van der Waals surface area contributed by atoms with Crippen molar-refractivity contribution in [1.29, 1.82) is 0 Å². The van der Waals surface area contributed by atoms with Gasteiger partial charge < -0.3 is 10.6 Å². The predicted molar refractivity (Wildman–Crippen MR) is 58.2 cm³/mol. The van der Waals surface area contributed by atoms with Crippen LogP contribution in [0.5, 0.6) is 0 Å². The van der Waals surface area contributed by atoms with Crippen molar-refractivity contribution in [3.8, 4) is 0 Å². The minimum Gasteiger partial charge on any atom is -0.359 e. The lowest BCUT2D eigenvalue weighted by atomic mass is 9.81. The molecule has 4 nitrogen and oxygen atoms in total. The first-order chi connectivity index (χ1) is 7.19. The summed E-state index contributed by atoms with van der Waals surface area (Å²) in [6.45, 7) is 2.61. The molecule has 0 aromatic rings. The van der Waals surface area contributed by atoms with E-state index < -0.39 is 0 Å². The third kappa shape index (κ3) is 3.22. The highest BCUT2D eigenvalue weighted by Crippen LogP contribution is 2.28. The molecule has 1 fully saturated rings. The maximum Gasteiger partial charge on any atom is 0.223 e. The quantitative estimate of drug-likeness (QED) is 0.722. The third-order valence-corrected chi connectivity index (χ3v) is 3.07. The molecule has 0 unspecified atom stereocenters. The van der Waals surface area contributed by atoms with E-state index in [9.17, 15) is 9.59 Å². The molecule has 0 aromatic carbocycles. The van der Waals surface area contributed by atoms with Gasteiger partial charge in [0.05, 0.1) is 0 Å². The van der Waals surface area contributed by atoms with Crippen LogP contribution in [0.4, 0.5) is 0 Å². The number of carbonyl (C=O) groups is 2. The molecule has 2 N–H and O–H groups in total. The van der Waals surface area contributed by atoms with Crippen molar-refractivity contribution in [1.82, 2.24) is 10.6 Å². The summed E-state index contributed by atoms with van der Waals surface area (Å²) in [4.78, 5) is 22.9. The van der Waals surface area contributed by atoms with Gasteiger partial charge in [-0.3, -0.25) is 9.59 Å². The van der Waals surface area contributed by atoms with Crippen LogP contribution in [-0.4, -0.2) is 25.4 Å². The van der Waals surface area contributed by atoms with Gasteiger partial charge in [0.1, 0.15) is 0 Å². The molecule has 1 rings (SSSR count). The molecule has 0 aromatic heterocycles. The Morgan fingerprint density at radius 3 is 1.93 bits per heavy atom. The Kier molecular flexibility index (Phi) is 4.59. The van der Waals surface area contributed by atoms with Crippen LogP contribution in [0.2, 0.25) is 0 Å². The number of carbonyl (C=O) groups excluding carboxylic acids is 2. The van der Waals surface area contributed by atoms with Gasteiger partial charge >= 0.3 is 0 Å². The van der Waals surface area contributed by atoms with Gasteiger partial charge in [0.2, 0.25) is 11.8 Å². The Hall–Kier alpha value is -1.06. The van der Waals surface area contributed by atoms with Gasteiger partial charge in [0.25, 0.3) is 0 Å². The van der Waals surface area contributed by atoms with Crippen LogP contribution in [0, 0.1) is 11.8 Å². The zero-order valence-electron chi connectivity index (χ0n) is 9.51. The number of nitrogens with one attached hydrogen (secondary N) is 2. The minimum absolute atomic E-state index is 0.112. The first-order valence-electron chi connectivity index (χ1n) is 5.68. The fraction of sp³-hybridized carbons (Fsp3) is 0.818. The largest absolute Gasteiger partial charge is 0.359 e. The second-order valence-electron chi connectivity index (χ2n) is 4.06. The van der Waals surface area contributed by atoms with E-state index in [1.165, 1.54) is 0 Å². The summed E-state index contributed by atoms with van der Waals surface area (Å²) >= 11 is 0. The van der Waals surface area contributed by atoms with Crippen molar-refractivity contribution in [2.75, 3.05) is 13.6 Å². The van der Waals surface area contributed by atoms with Gasteiger partial charge in [-0.05, 0) is 32.6 Å². The molecule has 0 bridgehead atoms. The fourth-order valence-electron chi connectivity index (χ4n) is 2.14. The van der Waals surface area contributed by atoms with E-state index >= 15 is 0 Å². The van der Waals surface area contributed by atoms with E-state index in [-0.39, 0.29) is 23.7 Å². The van der Waals surface area contributed by atoms with Gasteiger partial charge in [-0.2, -0.15) is 0 Å². The van der Waals surface area contributed by atoms with Crippen LogP contribution in [0.25, 0.3) is 0 Å². The van der Waals surface area contributed by atoms with E-state index in [2.05, 4.69) is 10.6 Å². The van der Waals surface area contributed by atoms with Crippen LogP contribution in [0.1, 0.15) is 32.6 Å². The molecule has 86 valence electrons. The highest BCUT2D eigenvalue weighted by atomic mass is 16.2. The molecule has 0 saturated heterocycles. The maximum absolute atomic E-state index is 11.5. The molecule has 4 heteroatoms. The number of hydrogen-bond acceptors (Lipinski definition) is 2. The van der Waals surface area contributed by atoms with Gasteiger partial charge in [-0.15, -0.1) is 0 Å². The Bertz CT molecular complexity index is 233. The van der Waals surface area contributed by atoms with Crippen molar-refractivity contribution >= 4 is 11.8 Å². The van der Waals surface area contributed by atoms with Crippen molar-refractivity contribution < 1.29 is 9.59 Å². The Morgan fingerprint density at radius 2 is 1.53 bits per heavy atom. The molecule has 15 heavy (non-hydrogen) atoms. The Balaban J connectivity index is 2.35. The Labute approximate surface area is 90.8 Å². The molecule has 0 atom stereocenters. The van der Waals surface area contributed by atoms with Crippen LogP contribution < -0.4 is 10.6 Å². The number of amides is 2. The number of hydrogen-bond donors (Lipinski definition) is 2. The molecule has 1 aliphatic carbocycles. The second kappa shape index (κ2) is 5.73. The van der Waals surface area contributed by atoms with Crippen LogP contribution in [0.15, 0.2) is 0 Å². The van der Waals surface area contributed by atoms with Crippen LogP contribution in [0.3, 0.4) is 0 Å². The van der Waals surface area contributed by atoms with Crippen LogP contribution in [-0.2, 0) is 9.59 Å². The van der Waals surface area contributed by atoms with E-state index in [1.54, 1.807) is 7.05 Å². The zero-order chi connectivity index (χ0) is 11.3. The average molecular weight is 212 g/mol. The number of rotatable bonds is 3. The summed E-state index contributed by atoms with van der Waals surface area (Å²) in [6, 6.07) is 0. The lowest BCUT2D eigenvalue weighted by Gasteiger charge is -2.26. The van der Waals surface area contributed by atoms with Crippen molar-refractivity contribution in [2.24, 2.45) is 11.8 Å². The minimum atomic E-state index is 0.112. The molecule has 0 spiro atoms. The van der Waals surface area contributed by atoms with Crippen molar-refractivity contribution in [3.05, 3.63) is 0 Å². The molecular weight excluding hydrogens is 192 g/mol. The standard InChI is InChI=1S/C11H20N2O2/c1-3-13-11(15)9-6-4-8(5-7-9)10(14)12-2/h8-9H,3-7H2,1-2H3,(H,12,14)(H,13,15). The molecule has 0 heterocycles. The summed E-state index contributed by atoms with van der Waals surface area (Å²) in [7, 11) is 1.66. The highest BCUT2D eigenvalue weighted by Gasteiger charge is 2.28. The SMILES string of the molecule is CCNC(=O)C1CCC(C(=O)NC)CC1. The summed E-state index contributed by atoms with van der Waals surface area (Å²) in [5, 5.41) is 5.50. The molecule has 1 saturated carbocycles. The fourth-order valence-corrected chi connectivity index (χ4v) is 2.14. The van der Waals surface area contributed by atoms with E-state index in [0.717, 1.165) is 25.7 Å². The molecule has 1 aliphatic rings. The highest BCUT2D eigenvalue weighted by molar-refractivity contribution is 5.80. The predicted octanol–water partition coefficient (Wildman–Crippen LogP) is 0.675. The van der Waals surface area contributed by atoms with Crippen LogP contribution >= 0.6 is 0 Å². The Morgan fingerprint density at radius 1 is 1.07 bits per heavy atom. The zero-order valence-corrected chi connectivity index (χ0v) is 9.51.